The van der Waals surface area contributed by atoms with Gasteiger partial charge in [0.25, 0.3) is 0 Å². The van der Waals surface area contributed by atoms with Crippen LogP contribution in [0.5, 0.6) is 5.75 Å². The Bertz CT molecular complexity index is 1070. The molecule has 1 amide bonds. The number of amides is 1. The van der Waals surface area contributed by atoms with E-state index in [1.54, 1.807) is 24.3 Å². The van der Waals surface area contributed by atoms with Crippen LogP contribution in [-0.2, 0) is 16.1 Å². The summed E-state index contributed by atoms with van der Waals surface area (Å²) in [6.07, 6.45) is -0.928. The van der Waals surface area contributed by atoms with Gasteiger partial charge in [0.05, 0.1) is 6.61 Å². The number of hydrogen-bond acceptors (Lipinski definition) is 8. The lowest BCUT2D eigenvalue weighted by atomic mass is 10.1. The number of alkyl halides is 2. The van der Waals surface area contributed by atoms with E-state index in [0.717, 1.165) is 12.3 Å². The van der Waals surface area contributed by atoms with Gasteiger partial charge in [0, 0.05) is 11.8 Å². The zero-order valence-corrected chi connectivity index (χ0v) is 16.5. The molecule has 32 heavy (non-hydrogen) atoms. The average Bonchev–Trinajstić information content (AvgIpc) is 3.00. The van der Waals surface area contributed by atoms with Crippen LogP contribution in [0.2, 0.25) is 0 Å². The number of ether oxygens (including phenoxy) is 3. The minimum absolute atomic E-state index is 0.0310. The summed E-state index contributed by atoms with van der Waals surface area (Å²) in [5.41, 5.74) is -0.634. The molecular formula is C20H19F2N3O7. The predicted octanol–water partition coefficient (Wildman–Crippen LogP) is 0.890. The zero-order valence-electron chi connectivity index (χ0n) is 16.5. The number of halogens is 2. The van der Waals surface area contributed by atoms with Crippen molar-refractivity contribution in [3.63, 3.8) is 0 Å². The first-order valence-corrected chi connectivity index (χ1v) is 9.27. The lowest BCUT2D eigenvalue weighted by Crippen LogP contribution is -2.41. The molecular weight excluding hydrogens is 432 g/mol. The van der Waals surface area contributed by atoms with E-state index in [1.807, 2.05) is 0 Å². The maximum Gasteiger partial charge on any atom is 0.413 e. The number of aromatic nitrogens is 2. The first-order chi connectivity index (χ1) is 15.3. The number of nitrogens with one attached hydrogen (secondary N) is 1. The Balaban J connectivity index is 1.65. The normalized spacial score (nSPS) is 21.5. The fraction of sp³-hybridized carbons (Fsp3) is 0.350. The van der Waals surface area contributed by atoms with Gasteiger partial charge >= 0.3 is 17.7 Å². The molecule has 0 spiro atoms. The lowest BCUT2D eigenvalue weighted by molar-refractivity contribution is -0.140. The molecule has 3 rings (SSSR count). The highest BCUT2D eigenvalue weighted by Crippen LogP contribution is 2.41. The summed E-state index contributed by atoms with van der Waals surface area (Å²) in [6, 6.07) is 7.81. The van der Waals surface area contributed by atoms with E-state index in [0.29, 0.717) is 15.9 Å². The van der Waals surface area contributed by atoms with E-state index in [-0.39, 0.29) is 19.0 Å². The molecule has 12 heteroatoms. The monoisotopic (exact) mass is 451 g/mol. The lowest BCUT2D eigenvalue weighted by Gasteiger charge is -2.21. The van der Waals surface area contributed by atoms with Gasteiger partial charge in [-0.3, -0.25) is 9.88 Å². The largest absolute Gasteiger partial charge is 0.481 e. The highest BCUT2D eigenvalue weighted by molar-refractivity contribution is 5.83. The molecule has 1 aromatic heterocycles. The quantitative estimate of drug-likeness (QED) is 0.529. The van der Waals surface area contributed by atoms with E-state index in [2.05, 4.69) is 16.2 Å². The number of hydrogen-bond donors (Lipinski definition) is 3. The number of aliphatic hydroxyl groups excluding tert-OH is 2. The summed E-state index contributed by atoms with van der Waals surface area (Å²) in [5.74, 6) is -1.35. The molecule has 0 radical (unpaired) electrons. The fourth-order valence-electron chi connectivity index (χ4n) is 2.95. The highest BCUT2D eigenvalue weighted by Gasteiger charge is 2.59. The van der Waals surface area contributed by atoms with Crippen LogP contribution in [0.15, 0.2) is 41.3 Å². The molecule has 3 unspecified atom stereocenters. The van der Waals surface area contributed by atoms with E-state index in [9.17, 15) is 23.5 Å². The second-order valence-electron chi connectivity index (χ2n) is 6.63. The minimum Gasteiger partial charge on any atom is -0.481 e. The Morgan fingerprint density at radius 3 is 2.78 bits per heavy atom. The maximum absolute atomic E-state index is 14.2. The van der Waals surface area contributed by atoms with Gasteiger partial charge in [-0.25, -0.2) is 9.59 Å². The number of para-hydroxylation sites is 1. The molecule has 0 saturated carbocycles. The summed E-state index contributed by atoms with van der Waals surface area (Å²) in [6.45, 7) is -1.01. The SMILES string of the molecule is C#CCOc1ccccc1COC(=O)Nc1ccn(C2OC(CO)C(O)C2(F)F)c(=O)n1. The van der Waals surface area contributed by atoms with Crippen LogP contribution in [0.3, 0.4) is 0 Å². The number of nitrogens with zero attached hydrogens (tertiary/aromatic N) is 2. The smallest absolute Gasteiger partial charge is 0.413 e. The van der Waals surface area contributed by atoms with Crippen LogP contribution in [0, 0.1) is 12.3 Å². The van der Waals surface area contributed by atoms with Gasteiger partial charge < -0.3 is 24.4 Å². The van der Waals surface area contributed by atoms with Gasteiger partial charge in [-0.2, -0.15) is 13.8 Å². The Morgan fingerprint density at radius 2 is 2.12 bits per heavy atom. The number of benzene rings is 1. The van der Waals surface area contributed by atoms with E-state index in [1.165, 1.54) is 0 Å². The summed E-state index contributed by atoms with van der Waals surface area (Å²) >= 11 is 0. The van der Waals surface area contributed by atoms with Crippen LogP contribution in [0.4, 0.5) is 19.4 Å². The second-order valence-corrected chi connectivity index (χ2v) is 6.63. The van der Waals surface area contributed by atoms with E-state index >= 15 is 0 Å². The number of aliphatic hydroxyl groups is 2. The third-order valence-corrected chi connectivity index (χ3v) is 4.51. The van der Waals surface area contributed by atoms with Crippen molar-refractivity contribution in [3.8, 4) is 18.1 Å². The van der Waals surface area contributed by atoms with Crippen molar-refractivity contribution in [1.29, 1.82) is 0 Å². The van der Waals surface area contributed by atoms with Gasteiger partial charge in [-0.05, 0) is 12.1 Å². The van der Waals surface area contributed by atoms with Crippen molar-refractivity contribution in [3.05, 3.63) is 52.6 Å². The Hall–Kier alpha value is -3.53. The second kappa shape index (κ2) is 9.73. The standard InChI is InChI=1S/C20H19F2N3O7/c1-2-9-30-13-6-4-3-5-12(13)11-31-19(29)24-15-7-8-25(18(28)23-15)17-20(21,22)16(27)14(10-26)32-17/h1,3-8,14,16-17,26-27H,9-11H2,(H,23,24,28,29). The van der Waals surface area contributed by atoms with Crippen molar-refractivity contribution in [2.45, 2.75) is 31.0 Å². The number of carbonyl (C=O) groups excluding carboxylic acids is 1. The fourth-order valence-corrected chi connectivity index (χ4v) is 2.95. The van der Waals surface area contributed by atoms with Crippen LogP contribution in [0.25, 0.3) is 0 Å². The van der Waals surface area contributed by atoms with E-state index < -0.39 is 42.7 Å². The third-order valence-electron chi connectivity index (χ3n) is 4.51. The van der Waals surface area contributed by atoms with Crippen molar-refractivity contribution >= 4 is 11.9 Å². The zero-order chi connectivity index (χ0) is 23.3. The van der Waals surface area contributed by atoms with Crippen LogP contribution < -0.4 is 15.7 Å². The summed E-state index contributed by atoms with van der Waals surface area (Å²) in [4.78, 5) is 27.7. The van der Waals surface area contributed by atoms with Gasteiger partial charge in [0.2, 0.25) is 6.23 Å². The maximum atomic E-state index is 14.2. The molecule has 170 valence electrons. The predicted molar refractivity (Wildman–Crippen MR) is 105 cm³/mol. The first kappa shape index (κ1) is 23.1. The summed E-state index contributed by atoms with van der Waals surface area (Å²) < 4.78 is 44.2. The molecule has 3 atom stereocenters. The van der Waals surface area contributed by atoms with Crippen LogP contribution >= 0.6 is 0 Å². The Morgan fingerprint density at radius 1 is 1.38 bits per heavy atom. The minimum atomic E-state index is -3.85. The molecule has 1 fully saturated rings. The third kappa shape index (κ3) is 4.86. The molecule has 2 heterocycles. The Kier molecular flexibility index (Phi) is 7.04. The molecule has 1 saturated heterocycles. The molecule has 1 aliphatic heterocycles. The molecule has 1 aliphatic rings. The van der Waals surface area contributed by atoms with Gasteiger partial charge in [-0.15, -0.1) is 6.42 Å². The van der Waals surface area contributed by atoms with Crippen LogP contribution in [0.1, 0.15) is 11.8 Å². The number of terminal acetylenes is 1. The molecule has 10 nitrogen and oxygen atoms in total. The summed E-state index contributed by atoms with van der Waals surface area (Å²) in [7, 11) is 0. The average molecular weight is 451 g/mol. The molecule has 2 aromatic rings. The van der Waals surface area contributed by atoms with E-state index in [4.69, 9.17) is 25.7 Å². The first-order valence-electron chi connectivity index (χ1n) is 9.27. The summed E-state index contributed by atoms with van der Waals surface area (Å²) in [5, 5.41) is 20.8. The molecule has 3 N–H and O–H groups in total. The molecule has 0 aliphatic carbocycles. The van der Waals surface area contributed by atoms with Gasteiger partial charge in [0.15, 0.2) is 6.10 Å². The van der Waals surface area contributed by atoms with Crippen LogP contribution in [-0.4, -0.2) is 57.2 Å². The number of carbonyl (C=O) groups is 1. The molecule has 0 bridgehead atoms. The molecule has 1 aromatic carbocycles. The van der Waals surface area contributed by atoms with Crippen molar-refractivity contribution in [2.75, 3.05) is 18.5 Å². The van der Waals surface area contributed by atoms with Gasteiger partial charge in [-0.1, -0.05) is 24.1 Å². The van der Waals surface area contributed by atoms with Crippen molar-refractivity contribution in [2.24, 2.45) is 0 Å². The van der Waals surface area contributed by atoms with Crippen molar-refractivity contribution < 1.29 is 38.0 Å². The topological polar surface area (TPSA) is 132 Å². The number of anilines is 1. The highest BCUT2D eigenvalue weighted by atomic mass is 19.3. The Labute approximate surface area is 180 Å². The van der Waals surface area contributed by atoms with Crippen molar-refractivity contribution in [1.82, 2.24) is 9.55 Å². The van der Waals surface area contributed by atoms with Gasteiger partial charge in [0.1, 0.15) is 30.9 Å². The number of rotatable bonds is 7.